The zero-order valence-electron chi connectivity index (χ0n) is 14.2. The lowest BCUT2D eigenvalue weighted by Gasteiger charge is -2.28. The molecule has 0 spiro atoms. The van der Waals surface area contributed by atoms with Crippen molar-refractivity contribution < 1.29 is 14.9 Å². The van der Waals surface area contributed by atoms with Crippen molar-refractivity contribution in [2.75, 3.05) is 6.61 Å². The van der Waals surface area contributed by atoms with Gasteiger partial charge in [0.15, 0.2) is 0 Å². The molecule has 0 heterocycles. The highest BCUT2D eigenvalue weighted by atomic mass is 16.5. The van der Waals surface area contributed by atoms with E-state index in [1.807, 2.05) is 25.1 Å². The van der Waals surface area contributed by atoms with Crippen LogP contribution in [0.2, 0.25) is 0 Å². The molecule has 3 nitrogen and oxygen atoms in total. The van der Waals surface area contributed by atoms with Crippen LogP contribution in [0.5, 0.6) is 17.2 Å². The third-order valence-electron chi connectivity index (χ3n) is 4.96. The molecule has 2 aromatic carbocycles. The minimum absolute atomic E-state index is 0.0832. The molecule has 0 aliphatic heterocycles. The van der Waals surface area contributed by atoms with Crippen molar-refractivity contribution in [2.45, 2.75) is 44.9 Å². The number of hydrogen-bond donors (Lipinski definition) is 2. The fourth-order valence-corrected chi connectivity index (χ4v) is 4.13. The van der Waals surface area contributed by atoms with E-state index in [1.54, 1.807) is 18.2 Å². The highest BCUT2D eigenvalue weighted by Gasteiger charge is 2.47. The Morgan fingerprint density at radius 3 is 2.48 bits per heavy atom. The van der Waals surface area contributed by atoms with E-state index in [2.05, 4.69) is 20.8 Å². The highest BCUT2D eigenvalue weighted by molar-refractivity contribution is 5.60. The monoisotopic (exact) mass is 312 g/mol. The van der Waals surface area contributed by atoms with Gasteiger partial charge in [-0.3, -0.25) is 0 Å². The standard InChI is InChI=1S/C20H24O3/c1-5-23-15-10-16-18(17(22)11-15)20(4,12-19(16,2)3)13-7-6-8-14(21)9-13/h6-11,21-22H,5,12H2,1-4H3. The first-order chi connectivity index (χ1) is 10.8. The predicted molar refractivity (Wildman–Crippen MR) is 91.5 cm³/mol. The SMILES string of the molecule is CCOc1cc(O)c2c(c1)C(C)(C)CC2(C)c1cccc(O)c1. The van der Waals surface area contributed by atoms with Crippen molar-refractivity contribution in [3.8, 4) is 17.2 Å². The van der Waals surface area contributed by atoms with Gasteiger partial charge in [0, 0.05) is 17.0 Å². The fraction of sp³-hybridized carbons (Fsp3) is 0.400. The molecule has 0 aromatic heterocycles. The fourth-order valence-electron chi connectivity index (χ4n) is 4.13. The molecule has 1 atom stereocenters. The van der Waals surface area contributed by atoms with Crippen molar-refractivity contribution in [1.29, 1.82) is 0 Å². The van der Waals surface area contributed by atoms with Gasteiger partial charge >= 0.3 is 0 Å². The summed E-state index contributed by atoms with van der Waals surface area (Å²) < 4.78 is 5.60. The van der Waals surface area contributed by atoms with Crippen LogP contribution < -0.4 is 4.74 Å². The number of benzene rings is 2. The molecule has 0 saturated heterocycles. The third-order valence-corrected chi connectivity index (χ3v) is 4.96. The largest absolute Gasteiger partial charge is 0.508 e. The van der Waals surface area contributed by atoms with Gasteiger partial charge in [-0.15, -0.1) is 0 Å². The van der Waals surface area contributed by atoms with Crippen LogP contribution in [0, 0.1) is 0 Å². The molecule has 0 radical (unpaired) electrons. The van der Waals surface area contributed by atoms with E-state index < -0.39 is 0 Å². The van der Waals surface area contributed by atoms with Crippen molar-refractivity contribution in [3.63, 3.8) is 0 Å². The third kappa shape index (κ3) is 2.44. The first-order valence-corrected chi connectivity index (χ1v) is 8.08. The average Bonchev–Trinajstić information content (AvgIpc) is 2.67. The number of fused-ring (bicyclic) bond motifs is 1. The van der Waals surface area contributed by atoms with Gasteiger partial charge in [0.05, 0.1) is 6.61 Å². The van der Waals surface area contributed by atoms with Crippen molar-refractivity contribution in [1.82, 2.24) is 0 Å². The molecule has 0 amide bonds. The van der Waals surface area contributed by atoms with Gasteiger partial charge in [-0.25, -0.2) is 0 Å². The van der Waals surface area contributed by atoms with E-state index in [4.69, 9.17) is 4.74 Å². The van der Waals surface area contributed by atoms with Gasteiger partial charge < -0.3 is 14.9 Å². The van der Waals surface area contributed by atoms with Crippen LogP contribution in [0.3, 0.4) is 0 Å². The van der Waals surface area contributed by atoms with Crippen LogP contribution in [0.1, 0.15) is 50.8 Å². The minimum Gasteiger partial charge on any atom is -0.508 e. The van der Waals surface area contributed by atoms with Gasteiger partial charge in [0.25, 0.3) is 0 Å². The summed E-state index contributed by atoms with van der Waals surface area (Å²) in [7, 11) is 0. The molecular formula is C20H24O3. The second kappa shape index (κ2) is 5.19. The smallest absolute Gasteiger partial charge is 0.123 e. The molecular weight excluding hydrogens is 288 g/mol. The molecule has 1 aliphatic rings. The summed E-state index contributed by atoms with van der Waals surface area (Å²) >= 11 is 0. The van der Waals surface area contributed by atoms with E-state index in [9.17, 15) is 10.2 Å². The molecule has 122 valence electrons. The summed E-state index contributed by atoms with van der Waals surface area (Å²) in [6, 6.07) is 11.1. The number of aromatic hydroxyl groups is 2. The van der Waals surface area contributed by atoms with Gasteiger partial charge in [-0.1, -0.05) is 32.9 Å². The first-order valence-electron chi connectivity index (χ1n) is 8.08. The lowest BCUT2D eigenvalue weighted by atomic mass is 9.75. The molecule has 3 heteroatoms. The second-order valence-electron chi connectivity index (χ2n) is 7.24. The number of phenolic OH excluding ortho intramolecular Hbond substituents is 2. The summed E-state index contributed by atoms with van der Waals surface area (Å²) in [6.07, 6.45) is 0.863. The molecule has 2 N–H and O–H groups in total. The molecule has 1 aliphatic carbocycles. The van der Waals surface area contributed by atoms with Crippen LogP contribution in [-0.4, -0.2) is 16.8 Å². The summed E-state index contributed by atoms with van der Waals surface area (Å²) in [5.74, 6) is 1.22. The van der Waals surface area contributed by atoms with Crippen LogP contribution in [0.4, 0.5) is 0 Å². The maximum atomic E-state index is 10.7. The van der Waals surface area contributed by atoms with E-state index in [-0.39, 0.29) is 22.3 Å². The normalized spacial score (nSPS) is 21.9. The van der Waals surface area contributed by atoms with Crippen molar-refractivity contribution in [2.24, 2.45) is 0 Å². The zero-order chi connectivity index (χ0) is 16.8. The average molecular weight is 312 g/mol. The van der Waals surface area contributed by atoms with Crippen LogP contribution in [-0.2, 0) is 10.8 Å². The molecule has 0 fully saturated rings. The van der Waals surface area contributed by atoms with Gasteiger partial charge in [0.2, 0.25) is 0 Å². The maximum absolute atomic E-state index is 10.7. The Labute approximate surface area is 137 Å². The Balaban J connectivity index is 2.23. The van der Waals surface area contributed by atoms with E-state index in [0.717, 1.165) is 23.1 Å². The number of ether oxygens (including phenoxy) is 1. The lowest BCUT2D eigenvalue weighted by Crippen LogP contribution is -2.23. The van der Waals surface area contributed by atoms with Crippen LogP contribution >= 0.6 is 0 Å². The summed E-state index contributed by atoms with van der Waals surface area (Å²) in [6.45, 7) is 9.02. The van der Waals surface area contributed by atoms with Crippen molar-refractivity contribution in [3.05, 3.63) is 53.1 Å². The molecule has 0 saturated carbocycles. The molecule has 0 bridgehead atoms. The lowest BCUT2D eigenvalue weighted by molar-refractivity contribution is 0.336. The molecule has 23 heavy (non-hydrogen) atoms. The van der Waals surface area contributed by atoms with Gasteiger partial charge in [-0.2, -0.15) is 0 Å². The Kier molecular flexibility index (Phi) is 3.55. The van der Waals surface area contributed by atoms with Gasteiger partial charge in [-0.05, 0) is 48.1 Å². The summed E-state index contributed by atoms with van der Waals surface area (Å²) in [4.78, 5) is 0. The first kappa shape index (κ1) is 15.7. The van der Waals surface area contributed by atoms with Crippen LogP contribution in [0.25, 0.3) is 0 Å². The van der Waals surface area contributed by atoms with Gasteiger partial charge in [0.1, 0.15) is 17.2 Å². The Morgan fingerprint density at radius 1 is 1.09 bits per heavy atom. The predicted octanol–water partition coefficient (Wildman–Crippen LogP) is 4.48. The number of rotatable bonds is 3. The highest BCUT2D eigenvalue weighted by Crippen LogP contribution is 2.56. The molecule has 2 aromatic rings. The Morgan fingerprint density at radius 2 is 1.83 bits per heavy atom. The Hall–Kier alpha value is -2.16. The summed E-state index contributed by atoms with van der Waals surface area (Å²) in [5.41, 5.74) is 2.65. The van der Waals surface area contributed by atoms with Crippen LogP contribution in [0.15, 0.2) is 36.4 Å². The molecule has 3 rings (SSSR count). The Bertz CT molecular complexity index is 749. The van der Waals surface area contributed by atoms with E-state index in [0.29, 0.717) is 12.4 Å². The quantitative estimate of drug-likeness (QED) is 0.878. The zero-order valence-corrected chi connectivity index (χ0v) is 14.2. The minimum atomic E-state index is -0.341. The molecule has 1 unspecified atom stereocenters. The topological polar surface area (TPSA) is 49.7 Å². The number of phenols is 2. The number of hydrogen-bond acceptors (Lipinski definition) is 3. The maximum Gasteiger partial charge on any atom is 0.123 e. The van der Waals surface area contributed by atoms with E-state index >= 15 is 0 Å². The summed E-state index contributed by atoms with van der Waals surface area (Å²) in [5, 5.41) is 20.6. The second-order valence-corrected chi connectivity index (χ2v) is 7.24. The van der Waals surface area contributed by atoms with Crippen molar-refractivity contribution >= 4 is 0 Å². The van der Waals surface area contributed by atoms with E-state index in [1.165, 1.54) is 0 Å².